The van der Waals surface area contributed by atoms with Crippen LogP contribution in [0.4, 0.5) is 8.78 Å². The Morgan fingerprint density at radius 2 is 1.80 bits per heavy atom. The van der Waals surface area contributed by atoms with Gasteiger partial charge in [0, 0.05) is 13.1 Å². The van der Waals surface area contributed by atoms with Crippen molar-refractivity contribution in [3.63, 3.8) is 0 Å². The molecule has 1 unspecified atom stereocenters. The molecule has 1 saturated carbocycles. The molecule has 1 aliphatic rings. The van der Waals surface area contributed by atoms with Crippen LogP contribution in [0.2, 0.25) is 0 Å². The maximum absolute atomic E-state index is 11.9. The monoisotopic (exact) mass is 223 g/mol. The van der Waals surface area contributed by atoms with Gasteiger partial charge in [-0.25, -0.2) is 8.78 Å². The Morgan fingerprint density at radius 3 is 2.33 bits per heavy atom. The van der Waals surface area contributed by atoms with E-state index in [-0.39, 0.29) is 13.1 Å². The van der Waals surface area contributed by atoms with Crippen LogP contribution in [-0.2, 0) is 0 Å². The molecule has 0 spiro atoms. The summed E-state index contributed by atoms with van der Waals surface area (Å²) in [7, 11) is 0. The SMILES string of the molecule is OC(CNCC1(O)CCCCC1)C(F)F. The molecule has 0 heterocycles. The zero-order valence-electron chi connectivity index (χ0n) is 8.75. The van der Waals surface area contributed by atoms with E-state index in [2.05, 4.69) is 5.32 Å². The summed E-state index contributed by atoms with van der Waals surface area (Å²) in [5.74, 6) is 0. The molecule has 15 heavy (non-hydrogen) atoms. The first-order valence-corrected chi connectivity index (χ1v) is 5.43. The van der Waals surface area contributed by atoms with Crippen molar-refractivity contribution >= 4 is 0 Å². The van der Waals surface area contributed by atoms with Crippen LogP contribution in [0, 0.1) is 0 Å². The average molecular weight is 223 g/mol. The van der Waals surface area contributed by atoms with E-state index in [9.17, 15) is 13.9 Å². The molecular formula is C10H19F2NO2. The van der Waals surface area contributed by atoms with Crippen molar-refractivity contribution in [1.29, 1.82) is 0 Å². The number of hydrogen-bond donors (Lipinski definition) is 3. The number of rotatable bonds is 5. The van der Waals surface area contributed by atoms with Crippen molar-refractivity contribution in [2.75, 3.05) is 13.1 Å². The molecule has 1 atom stereocenters. The van der Waals surface area contributed by atoms with Crippen LogP contribution in [0.5, 0.6) is 0 Å². The Hall–Kier alpha value is -0.260. The molecule has 1 aliphatic carbocycles. The van der Waals surface area contributed by atoms with Crippen LogP contribution in [0.1, 0.15) is 32.1 Å². The molecule has 0 bridgehead atoms. The molecule has 0 aromatic heterocycles. The second-order valence-electron chi connectivity index (χ2n) is 4.32. The number of aliphatic hydroxyl groups excluding tert-OH is 1. The van der Waals surface area contributed by atoms with E-state index >= 15 is 0 Å². The van der Waals surface area contributed by atoms with Crippen molar-refractivity contribution in [2.45, 2.75) is 50.2 Å². The number of halogens is 2. The molecule has 3 N–H and O–H groups in total. The first-order valence-electron chi connectivity index (χ1n) is 5.43. The van der Waals surface area contributed by atoms with Gasteiger partial charge in [-0.05, 0) is 12.8 Å². The Labute approximate surface area is 88.5 Å². The van der Waals surface area contributed by atoms with Crippen LogP contribution >= 0.6 is 0 Å². The summed E-state index contributed by atoms with van der Waals surface area (Å²) in [5.41, 5.74) is -0.764. The van der Waals surface area contributed by atoms with E-state index in [1.807, 2.05) is 0 Å². The second kappa shape index (κ2) is 5.72. The molecule has 5 heteroatoms. The molecule has 0 saturated heterocycles. The van der Waals surface area contributed by atoms with Gasteiger partial charge in [-0.3, -0.25) is 0 Å². The maximum atomic E-state index is 11.9. The van der Waals surface area contributed by atoms with Crippen LogP contribution in [0.3, 0.4) is 0 Å². The van der Waals surface area contributed by atoms with Gasteiger partial charge in [-0.1, -0.05) is 19.3 Å². The van der Waals surface area contributed by atoms with Crippen LogP contribution < -0.4 is 5.32 Å². The van der Waals surface area contributed by atoms with E-state index in [0.29, 0.717) is 12.8 Å². The van der Waals surface area contributed by atoms with E-state index in [1.165, 1.54) is 0 Å². The Balaban J connectivity index is 2.18. The molecule has 90 valence electrons. The van der Waals surface area contributed by atoms with E-state index in [1.54, 1.807) is 0 Å². The predicted octanol–water partition coefficient (Wildman–Crippen LogP) is 0.897. The zero-order chi connectivity index (χ0) is 11.3. The van der Waals surface area contributed by atoms with Gasteiger partial charge in [0.25, 0.3) is 6.43 Å². The lowest BCUT2D eigenvalue weighted by molar-refractivity contribution is -0.0184. The number of aliphatic hydroxyl groups is 2. The lowest BCUT2D eigenvalue weighted by atomic mass is 9.85. The van der Waals surface area contributed by atoms with Crippen LogP contribution in [0.15, 0.2) is 0 Å². The quantitative estimate of drug-likeness (QED) is 0.649. The van der Waals surface area contributed by atoms with Crippen LogP contribution in [0.25, 0.3) is 0 Å². The third-order valence-electron chi connectivity index (χ3n) is 2.88. The topological polar surface area (TPSA) is 52.5 Å². The molecule has 0 aliphatic heterocycles. The normalized spacial score (nSPS) is 23.0. The molecule has 1 fully saturated rings. The Bertz CT molecular complexity index is 184. The van der Waals surface area contributed by atoms with E-state index < -0.39 is 18.1 Å². The van der Waals surface area contributed by atoms with Gasteiger partial charge in [0.05, 0.1) is 5.60 Å². The van der Waals surface area contributed by atoms with E-state index in [0.717, 1.165) is 19.3 Å². The van der Waals surface area contributed by atoms with E-state index in [4.69, 9.17) is 5.11 Å². The molecule has 1 rings (SSSR count). The van der Waals surface area contributed by atoms with Gasteiger partial charge in [-0.2, -0.15) is 0 Å². The highest BCUT2D eigenvalue weighted by molar-refractivity contribution is 4.84. The Kier molecular flexibility index (Phi) is 4.89. The molecule has 0 aromatic rings. The molecule has 3 nitrogen and oxygen atoms in total. The first kappa shape index (κ1) is 12.8. The largest absolute Gasteiger partial charge is 0.389 e. The highest BCUT2D eigenvalue weighted by atomic mass is 19.3. The van der Waals surface area contributed by atoms with Crippen LogP contribution in [-0.4, -0.2) is 41.4 Å². The third-order valence-corrected chi connectivity index (χ3v) is 2.88. The van der Waals surface area contributed by atoms with Crippen molar-refractivity contribution in [2.24, 2.45) is 0 Å². The summed E-state index contributed by atoms with van der Waals surface area (Å²) in [6.07, 6.45) is 0.151. The number of nitrogens with one attached hydrogen (secondary N) is 1. The van der Waals surface area contributed by atoms with Crippen molar-refractivity contribution in [1.82, 2.24) is 5.32 Å². The maximum Gasteiger partial charge on any atom is 0.265 e. The molecule has 0 amide bonds. The third kappa shape index (κ3) is 4.40. The summed E-state index contributed by atoms with van der Waals surface area (Å²) in [6.45, 7) is 0.122. The van der Waals surface area contributed by atoms with Gasteiger partial charge in [0.2, 0.25) is 0 Å². The predicted molar refractivity (Wildman–Crippen MR) is 52.9 cm³/mol. The fraction of sp³-hybridized carbons (Fsp3) is 1.00. The van der Waals surface area contributed by atoms with Gasteiger partial charge in [0.15, 0.2) is 0 Å². The van der Waals surface area contributed by atoms with Crippen molar-refractivity contribution in [3.05, 3.63) is 0 Å². The first-order chi connectivity index (χ1) is 7.03. The summed E-state index contributed by atoms with van der Waals surface area (Å²) in [6, 6.07) is 0. The lowest BCUT2D eigenvalue weighted by Gasteiger charge is -2.32. The standard InChI is InChI=1S/C10H19F2NO2/c11-9(12)8(14)6-13-7-10(15)4-2-1-3-5-10/h8-9,13-15H,1-7H2. The second-order valence-corrected chi connectivity index (χ2v) is 4.32. The lowest BCUT2D eigenvalue weighted by Crippen LogP contribution is -2.45. The molecular weight excluding hydrogens is 204 g/mol. The van der Waals surface area contributed by atoms with Gasteiger partial charge in [-0.15, -0.1) is 0 Å². The summed E-state index contributed by atoms with van der Waals surface area (Å²) in [5, 5.41) is 21.5. The van der Waals surface area contributed by atoms with Crippen molar-refractivity contribution in [3.8, 4) is 0 Å². The minimum absolute atomic E-state index is 0.167. The minimum atomic E-state index is -2.72. The highest BCUT2D eigenvalue weighted by Gasteiger charge is 2.29. The fourth-order valence-corrected chi connectivity index (χ4v) is 1.93. The van der Waals surface area contributed by atoms with Gasteiger partial charge >= 0.3 is 0 Å². The smallest absolute Gasteiger partial charge is 0.265 e. The zero-order valence-corrected chi connectivity index (χ0v) is 8.75. The average Bonchev–Trinajstić information content (AvgIpc) is 2.18. The summed E-state index contributed by atoms with van der Waals surface area (Å²) >= 11 is 0. The highest BCUT2D eigenvalue weighted by Crippen LogP contribution is 2.27. The summed E-state index contributed by atoms with van der Waals surface area (Å²) < 4.78 is 23.9. The minimum Gasteiger partial charge on any atom is -0.389 e. The molecule has 0 aromatic carbocycles. The summed E-state index contributed by atoms with van der Waals surface area (Å²) in [4.78, 5) is 0. The van der Waals surface area contributed by atoms with Gasteiger partial charge < -0.3 is 15.5 Å². The Morgan fingerprint density at radius 1 is 1.20 bits per heavy atom. The van der Waals surface area contributed by atoms with Crippen molar-refractivity contribution < 1.29 is 19.0 Å². The number of hydrogen-bond acceptors (Lipinski definition) is 3. The fourth-order valence-electron chi connectivity index (χ4n) is 1.93. The number of alkyl halides is 2. The van der Waals surface area contributed by atoms with Gasteiger partial charge in [0.1, 0.15) is 6.10 Å². The molecule has 0 radical (unpaired) electrons.